The average Bonchev–Trinajstić information content (AvgIpc) is 2.87. The van der Waals surface area contributed by atoms with Gasteiger partial charge in [-0.1, -0.05) is 60.7 Å². The first kappa shape index (κ1) is 24.3. The van der Waals surface area contributed by atoms with Crippen LogP contribution >= 0.6 is 0 Å². The van der Waals surface area contributed by atoms with E-state index in [0.29, 0.717) is 38.8 Å². The van der Waals surface area contributed by atoms with Crippen molar-refractivity contribution < 1.29 is 18.0 Å². The molecule has 0 unspecified atom stereocenters. The van der Waals surface area contributed by atoms with Crippen molar-refractivity contribution in [2.45, 2.75) is 44.4 Å². The molecule has 3 aromatic rings. The van der Waals surface area contributed by atoms with Crippen molar-refractivity contribution in [1.82, 2.24) is 10.2 Å². The van der Waals surface area contributed by atoms with Gasteiger partial charge in [-0.3, -0.25) is 0 Å². The molecule has 180 valence electrons. The van der Waals surface area contributed by atoms with Crippen molar-refractivity contribution in [3.8, 4) is 17.2 Å². The summed E-state index contributed by atoms with van der Waals surface area (Å²) in [6.45, 7) is 0.936. The Kier molecular flexibility index (Phi) is 7.40. The monoisotopic (exact) mass is 477 g/mol. The molecule has 0 bridgehead atoms. The van der Waals surface area contributed by atoms with Crippen molar-refractivity contribution in [1.29, 1.82) is 5.26 Å². The van der Waals surface area contributed by atoms with Crippen LogP contribution in [-0.2, 0) is 19.1 Å². The molecule has 4 rings (SSSR count). The lowest BCUT2D eigenvalue weighted by Crippen LogP contribution is -2.44. The highest BCUT2D eigenvalue weighted by molar-refractivity contribution is 5.76. The molecule has 0 saturated carbocycles. The minimum atomic E-state index is -4.37. The Morgan fingerprint density at radius 3 is 2.46 bits per heavy atom. The smallest absolute Gasteiger partial charge is 0.331 e. The van der Waals surface area contributed by atoms with Gasteiger partial charge in [0.2, 0.25) is 0 Å². The number of carbonyl (C=O) groups is 1. The standard InChI is InChI=1S/C28H26F3N3O/c29-28(30,31)23-14-12-20(13-15-23)24-10-6-9-22-19-34(18-16-25(22)24)27(35)33-26(11-4-5-17-32)21-7-2-1-3-8-21/h1-3,6-10,12-15,26H,4-5,11,16,18-19H2,(H,33,35)/t26-/m0/s1. The van der Waals surface area contributed by atoms with Crippen LogP contribution in [0.1, 0.15) is 47.6 Å². The lowest BCUT2D eigenvalue weighted by molar-refractivity contribution is -0.137. The molecule has 3 aromatic carbocycles. The van der Waals surface area contributed by atoms with Crippen LogP contribution in [0.25, 0.3) is 11.1 Å². The fourth-order valence-corrected chi connectivity index (χ4v) is 4.53. The van der Waals surface area contributed by atoms with Gasteiger partial charge in [0.25, 0.3) is 0 Å². The van der Waals surface area contributed by atoms with Crippen LogP contribution in [0.4, 0.5) is 18.0 Å². The first-order valence-corrected chi connectivity index (χ1v) is 11.6. The van der Waals surface area contributed by atoms with Crippen molar-refractivity contribution in [3.63, 3.8) is 0 Å². The van der Waals surface area contributed by atoms with Crippen LogP contribution in [0.5, 0.6) is 0 Å². The van der Waals surface area contributed by atoms with Crippen LogP contribution in [0.3, 0.4) is 0 Å². The fourth-order valence-electron chi connectivity index (χ4n) is 4.53. The fraction of sp³-hybridized carbons (Fsp3) is 0.286. The van der Waals surface area contributed by atoms with Gasteiger partial charge in [-0.2, -0.15) is 18.4 Å². The Balaban J connectivity index is 1.49. The maximum atomic E-state index is 13.2. The Bertz CT molecular complexity index is 1200. The highest BCUT2D eigenvalue weighted by Crippen LogP contribution is 2.34. The molecule has 0 aliphatic carbocycles. The number of unbranched alkanes of at least 4 members (excludes halogenated alkanes) is 1. The molecular formula is C28H26F3N3O. The van der Waals surface area contributed by atoms with Crippen molar-refractivity contribution in [2.24, 2.45) is 0 Å². The van der Waals surface area contributed by atoms with E-state index in [1.165, 1.54) is 12.1 Å². The summed E-state index contributed by atoms with van der Waals surface area (Å²) >= 11 is 0. The molecule has 1 aliphatic heterocycles. The lowest BCUT2D eigenvalue weighted by atomic mass is 9.90. The molecule has 35 heavy (non-hydrogen) atoms. The van der Waals surface area contributed by atoms with E-state index in [9.17, 15) is 18.0 Å². The first-order chi connectivity index (χ1) is 16.9. The summed E-state index contributed by atoms with van der Waals surface area (Å²) in [5.41, 5.74) is 4.01. The van der Waals surface area contributed by atoms with E-state index in [-0.39, 0.29) is 12.1 Å². The topological polar surface area (TPSA) is 56.1 Å². The van der Waals surface area contributed by atoms with Gasteiger partial charge in [0.1, 0.15) is 0 Å². The Morgan fingerprint density at radius 2 is 1.77 bits per heavy atom. The summed E-state index contributed by atoms with van der Waals surface area (Å²) in [5.74, 6) is 0. The molecular weight excluding hydrogens is 451 g/mol. The number of urea groups is 1. The van der Waals surface area contributed by atoms with Crippen molar-refractivity contribution in [3.05, 3.63) is 95.1 Å². The molecule has 0 radical (unpaired) electrons. The normalized spacial score (nSPS) is 14.1. The number of carbonyl (C=O) groups excluding carboxylic acids is 1. The SMILES string of the molecule is N#CCCC[C@H](NC(=O)N1CCc2c(cccc2-c2ccc(C(F)(F)F)cc2)C1)c1ccccc1. The van der Waals surface area contributed by atoms with Crippen LogP contribution in [0.15, 0.2) is 72.8 Å². The molecule has 4 nitrogen and oxygen atoms in total. The van der Waals surface area contributed by atoms with Crippen LogP contribution < -0.4 is 5.32 Å². The van der Waals surface area contributed by atoms with Gasteiger partial charge in [0.15, 0.2) is 0 Å². The molecule has 0 aromatic heterocycles. The van der Waals surface area contributed by atoms with Gasteiger partial charge in [-0.05, 0) is 59.2 Å². The predicted octanol–water partition coefficient (Wildman–Crippen LogP) is 6.88. The van der Waals surface area contributed by atoms with Gasteiger partial charge < -0.3 is 10.2 Å². The van der Waals surface area contributed by atoms with Crippen LogP contribution in [-0.4, -0.2) is 17.5 Å². The number of fused-ring (bicyclic) bond motifs is 1. The van der Waals surface area contributed by atoms with E-state index < -0.39 is 11.7 Å². The minimum Gasteiger partial charge on any atom is -0.331 e. The molecule has 1 aliphatic rings. The summed E-state index contributed by atoms with van der Waals surface area (Å²) < 4.78 is 38.8. The molecule has 1 N–H and O–H groups in total. The molecule has 0 spiro atoms. The van der Waals surface area contributed by atoms with E-state index in [2.05, 4.69) is 11.4 Å². The van der Waals surface area contributed by atoms with Crippen molar-refractivity contribution in [2.75, 3.05) is 6.54 Å². The van der Waals surface area contributed by atoms with Crippen molar-refractivity contribution >= 4 is 6.03 Å². The second-order valence-electron chi connectivity index (χ2n) is 8.65. The third-order valence-corrected chi connectivity index (χ3v) is 6.36. The zero-order chi connectivity index (χ0) is 24.8. The third kappa shape index (κ3) is 5.83. The molecule has 2 amide bonds. The minimum absolute atomic E-state index is 0.165. The van der Waals surface area contributed by atoms with E-state index >= 15 is 0 Å². The van der Waals surface area contributed by atoms with Gasteiger partial charge in [-0.15, -0.1) is 0 Å². The molecule has 1 atom stereocenters. The number of benzene rings is 3. The summed E-state index contributed by atoms with van der Waals surface area (Å²) in [7, 11) is 0. The zero-order valence-corrected chi connectivity index (χ0v) is 19.2. The van der Waals surface area contributed by atoms with E-state index in [1.54, 1.807) is 4.90 Å². The van der Waals surface area contributed by atoms with Gasteiger partial charge in [0, 0.05) is 19.5 Å². The number of hydrogen-bond acceptors (Lipinski definition) is 2. The molecule has 7 heteroatoms. The number of rotatable bonds is 6. The maximum absolute atomic E-state index is 13.2. The molecule has 0 saturated heterocycles. The summed E-state index contributed by atoms with van der Waals surface area (Å²) in [6.07, 6.45) is -1.95. The Hall–Kier alpha value is -3.79. The van der Waals surface area contributed by atoms with Gasteiger partial charge in [-0.25, -0.2) is 4.79 Å². The average molecular weight is 478 g/mol. The number of alkyl halides is 3. The number of nitriles is 1. The zero-order valence-electron chi connectivity index (χ0n) is 19.2. The number of nitrogens with one attached hydrogen (secondary N) is 1. The number of nitrogens with zero attached hydrogens (tertiary/aromatic N) is 2. The Labute approximate surface area is 203 Å². The predicted molar refractivity (Wildman–Crippen MR) is 128 cm³/mol. The second kappa shape index (κ2) is 10.6. The van der Waals surface area contributed by atoms with E-state index in [1.807, 2.05) is 48.5 Å². The third-order valence-electron chi connectivity index (χ3n) is 6.36. The molecule has 1 heterocycles. The highest BCUT2D eigenvalue weighted by atomic mass is 19.4. The highest BCUT2D eigenvalue weighted by Gasteiger charge is 2.30. The summed E-state index contributed by atoms with van der Waals surface area (Å²) in [4.78, 5) is 14.9. The quantitative estimate of drug-likeness (QED) is 0.394. The lowest BCUT2D eigenvalue weighted by Gasteiger charge is -2.32. The van der Waals surface area contributed by atoms with E-state index in [0.717, 1.165) is 39.9 Å². The molecule has 0 fully saturated rings. The number of amides is 2. The van der Waals surface area contributed by atoms with Crippen LogP contribution in [0, 0.1) is 11.3 Å². The van der Waals surface area contributed by atoms with Crippen LogP contribution in [0.2, 0.25) is 0 Å². The van der Waals surface area contributed by atoms with Gasteiger partial charge >= 0.3 is 12.2 Å². The maximum Gasteiger partial charge on any atom is 0.416 e. The number of halogens is 3. The van der Waals surface area contributed by atoms with Gasteiger partial charge in [0.05, 0.1) is 17.7 Å². The van der Waals surface area contributed by atoms with E-state index in [4.69, 9.17) is 5.26 Å². The largest absolute Gasteiger partial charge is 0.416 e. The first-order valence-electron chi connectivity index (χ1n) is 11.6. The summed E-state index contributed by atoms with van der Waals surface area (Å²) in [5, 5.41) is 12.0. The summed E-state index contributed by atoms with van der Waals surface area (Å²) in [6, 6.07) is 22.5. The Morgan fingerprint density at radius 1 is 1.03 bits per heavy atom. The second-order valence-corrected chi connectivity index (χ2v) is 8.65. The number of hydrogen-bond donors (Lipinski definition) is 1.